The van der Waals surface area contributed by atoms with E-state index in [2.05, 4.69) is 5.32 Å². The fourth-order valence-electron chi connectivity index (χ4n) is 7.56. The lowest BCUT2D eigenvalue weighted by molar-refractivity contribution is -0.336. The second kappa shape index (κ2) is 21.0. The number of primary amides is 1. The van der Waals surface area contributed by atoms with E-state index in [1.54, 1.807) is 0 Å². The molecule has 3 aliphatic carbocycles. The average molecular weight is 800 g/mol. The van der Waals surface area contributed by atoms with Crippen LogP contribution >= 0.6 is 0 Å². The largest absolute Gasteiger partial charge is 0.471 e. The lowest BCUT2D eigenvalue weighted by atomic mass is 9.85. The van der Waals surface area contributed by atoms with Crippen molar-refractivity contribution in [1.29, 1.82) is 0 Å². The molecule has 0 aromatic carbocycles. The summed E-state index contributed by atoms with van der Waals surface area (Å²) < 4.78 is 68.7. The van der Waals surface area contributed by atoms with Gasteiger partial charge in [-0.1, -0.05) is 71.1 Å². The third-order valence-corrected chi connectivity index (χ3v) is 11.2. The van der Waals surface area contributed by atoms with Gasteiger partial charge in [0, 0.05) is 0 Å². The highest BCUT2D eigenvalue weighted by Crippen LogP contribution is 2.36. The topological polar surface area (TPSA) is 249 Å². The van der Waals surface area contributed by atoms with Gasteiger partial charge in [0.1, 0.15) is 48.8 Å². The number of alkyl halides is 3. The van der Waals surface area contributed by atoms with Crippen LogP contribution in [0.25, 0.3) is 0 Å². The summed E-state index contributed by atoms with van der Waals surface area (Å²) in [5.74, 6) is -4.54. The molecular formula is C36H60F3N3O13. The predicted molar refractivity (Wildman–Crippen MR) is 185 cm³/mol. The SMILES string of the molecule is C1CCC1.CC1O[C@@H](O[C@@H]2C(C)CCC[C@H]2O[C@@H]2O[C@@H](CO)[C@H](O)C(O[C@@H](CC3CCCCC3)C(N)=O)C2NC(=O)CNC(=O)C(F)(F)F)C(O)[C@@H](O)[C@@H]1O. The summed E-state index contributed by atoms with van der Waals surface area (Å²) in [4.78, 5) is 37.1. The van der Waals surface area contributed by atoms with Gasteiger partial charge >= 0.3 is 12.1 Å². The van der Waals surface area contributed by atoms with Gasteiger partial charge in [-0.15, -0.1) is 0 Å². The molecule has 5 unspecified atom stereocenters. The van der Waals surface area contributed by atoms with E-state index in [9.17, 15) is 53.1 Å². The van der Waals surface area contributed by atoms with Crippen molar-refractivity contribution < 1.29 is 76.8 Å². The molecule has 5 rings (SSSR count). The van der Waals surface area contributed by atoms with Gasteiger partial charge in [-0.3, -0.25) is 14.4 Å². The molecule has 55 heavy (non-hydrogen) atoms. The van der Waals surface area contributed by atoms with Crippen molar-refractivity contribution in [3.8, 4) is 0 Å². The van der Waals surface area contributed by atoms with Crippen LogP contribution in [0.5, 0.6) is 0 Å². The van der Waals surface area contributed by atoms with E-state index in [0.29, 0.717) is 19.3 Å². The Morgan fingerprint density at radius 1 is 0.800 bits per heavy atom. The van der Waals surface area contributed by atoms with Crippen LogP contribution in [0.15, 0.2) is 0 Å². The maximum atomic E-state index is 13.0. The first-order valence-corrected chi connectivity index (χ1v) is 19.6. The molecule has 2 saturated heterocycles. The Morgan fingerprint density at radius 3 is 2.02 bits per heavy atom. The number of carbonyl (C=O) groups excluding carboxylic acids is 3. The molecule has 2 heterocycles. The Bertz CT molecular complexity index is 1220. The minimum atomic E-state index is -5.27. The van der Waals surface area contributed by atoms with Crippen molar-refractivity contribution in [2.24, 2.45) is 17.6 Å². The maximum absolute atomic E-state index is 13.0. The highest BCUT2D eigenvalue weighted by atomic mass is 19.4. The van der Waals surface area contributed by atoms with Gasteiger partial charge in [-0.2, -0.15) is 13.2 Å². The second-order valence-corrected chi connectivity index (χ2v) is 15.5. The van der Waals surface area contributed by atoms with Crippen molar-refractivity contribution in [2.75, 3.05) is 13.2 Å². The number of hydrogen-bond donors (Lipinski definition) is 8. The molecule has 2 aliphatic heterocycles. The fourth-order valence-corrected chi connectivity index (χ4v) is 7.56. The number of aliphatic hydroxyl groups excluding tert-OH is 5. The Kier molecular flexibility index (Phi) is 17.4. The molecule has 0 radical (unpaired) electrons. The molecule has 3 saturated carbocycles. The smallest absolute Gasteiger partial charge is 0.394 e. The van der Waals surface area contributed by atoms with Crippen LogP contribution in [-0.4, -0.2) is 142 Å². The van der Waals surface area contributed by atoms with Crippen LogP contribution in [0.2, 0.25) is 0 Å². The van der Waals surface area contributed by atoms with Gasteiger partial charge < -0.3 is 65.6 Å². The van der Waals surface area contributed by atoms with E-state index < -0.39 is 117 Å². The van der Waals surface area contributed by atoms with Crippen LogP contribution in [0.3, 0.4) is 0 Å². The number of rotatable bonds is 13. The molecule has 5 fully saturated rings. The second-order valence-electron chi connectivity index (χ2n) is 15.5. The minimum absolute atomic E-state index is 0.0703. The lowest BCUT2D eigenvalue weighted by Gasteiger charge is -2.48. The van der Waals surface area contributed by atoms with Crippen LogP contribution in [-0.2, 0) is 38.1 Å². The summed E-state index contributed by atoms with van der Waals surface area (Å²) in [6.07, 6.45) is -9.05. The molecule has 19 heteroatoms. The van der Waals surface area contributed by atoms with E-state index in [4.69, 9.17) is 29.4 Å². The normalized spacial score (nSPS) is 37.7. The summed E-state index contributed by atoms with van der Waals surface area (Å²) in [5.41, 5.74) is 5.72. The van der Waals surface area contributed by atoms with Gasteiger partial charge in [0.25, 0.3) is 0 Å². The minimum Gasteiger partial charge on any atom is -0.394 e. The summed E-state index contributed by atoms with van der Waals surface area (Å²) in [5, 5.41) is 56.4. The van der Waals surface area contributed by atoms with Crippen molar-refractivity contribution >= 4 is 17.7 Å². The van der Waals surface area contributed by atoms with E-state index in [0.717, 1.165) is 32.1 Å². The van der Waals surface area contributed by atoms with Crippen molar-refractivity contribution in [2.45, 2.75) is 183 Å². The molecule has 14 atom stereocenters. The zero-order valence-corrected chi connectivity index (χ0v) is 31.5. The zero-order valence-electron chi connectivity index (χ0n) is 31.5. The third kappa shape index (κ3) is 12.6. The number of aliphatic hydroxyl groups is 5. The zero-order chi connectivity index (χ0) is 40.4. The van der Waals surface area contributed by atoms with Crippen molar-refractivity contribution in [3.63, 3.8) is 0 Å². The van der Waals surface area contributed by atoms with Crippen LogP contribution < -0.4 is 16.4 Å². The van der Waals surface area contributed by atoms with Crippen LogP contribution in [0, 0.1) is 11.8 Å². The van der Waals surface area contributed by atoms with Gasteiger partial charge in [0.05, 0.1) is 31.5 Å². The summed E-state index contributed by atoms with van der Waals surface area (Å²) >= 11 is 0. The van der Waals surface area contributed by atoms with Crippen molar-refractivity contribution in [3.05, 3.63) is 0 Å². The quantitative estimate of drug-likeness (QED) is 0.126. The van der Waals surface area contributed by atoms with Gasteiger partial charge in [0.15, 0.2) is 12.6 Å². The van der Waals surface area contributed by atoms with E-state index in [1.807, 2.05) is 6.92 Å². The first kappa shape index (κ1) is 45.5. The molecule has 3 amide bonds. The number of carbonyl (C=O) groups is 3. The van der Waals surface area contributed by atoms with Gasteiger partial charge in [0.2, 0.25) is 11.8 Å². The third-order valence-electron chi connectivity index (χ3n) is 11.2. The predicted octanol–water partition coefficient (Wildman–Crippen LogP) is 0.416. The van der Waals surface area contributed by atoms with Gasteiger partial charge in [-0.05, 0) is 38.0 Å². The molecule has 16 nitrogen and oxygen atoms in total. The van der Waals surface area contributed by atoms with Gasteiger partial charge in [-0.25, -0.2) is 0 Å². The maximum Gasteiger partial charge on any atom is 0.471 e. The Morgan fingerprint density at radius 2 is 1.44 bits per heavy atom. The molecule has 0 aromatic heterocycles. The Labute approximate surface area is 318 Å². The first-order chi connectivity index (χ1) is 26.0. The number of halogens is 3. The molecule has 9 N–H and O–H groups in total. The van der Waals surface area contributed by atoms with E-state index in [-0.39, 0.29) is 18.3 Å². The summed E-state index contributed by atoms with van der Waals surface area (Å²) in [6.45, 7) is 1.42. The molecule has 318 valence electrons. The highest BCUT2D eigenvalue weighted by molar-refractivity contribution is 5.87. The highest BCUT2D eigenvalue weighted by Gasteiger charge is 2.51. The Balaban J connectivity index is 0.00000158. The fraction of sp³-hybridized carbons (Fsp3) is 0.917. The molecular weight excluding hydrogens is 739 g/mol. The van der Waals surface area contributed by atoms with Crippen molar-refractivity contribution in [1.82, 2.24) is 10.6 Å². The molecule has 5 aliphatic rings. The molecule has 0 aromatic rings. The lowest BCUT2D eigenvalue weighted by Crippen LogP contribution is -2.68. The van der Waals surface area contributed by atoms with E-state index in [1.165, 1.54) is 37.9 Å². The summed E-state index contributed by atoms with van der Waals surface area (Å²) in [6, 6.07) is -1.53. The number of nitrogens with two attached hydrogens (primary N) is 1. The Hall–Kier alpha value is -2.20. The number of hydrogen-bond acceptors (Lipinski definition) is 13. The standard InChI is InChI=1S/C32H52F3N3O13.C4H8/c1-14-7-6-10-17(26(14)51-30-25(44)24(43)22(41)15(2)47-30)49-29-21(38-20(40)12-37-31(46)32(33,34)35)27(23(42)19(13-39)50-29)48-18(28(36)45)11-16-8-4-3-5-9-16;1-2-4-3-1/h14-19,21-27,29-30,39,41-44H,3-13H2,1-2H3,(H2,36,45)(H,37,46)(H,38,40);1-4H2/t14?,15?,17-,18+,19+,21?,22-,23+,24+,25?,26-,27?,29-,30+;/m1./s1. The summed E-state index contributed by atoms with van der Waals surface area (Å²) in [7, 11) is 0. The first-order valence-electron chi connectivity index (χ1n) is 19.6. The molecule has 0 bridgehead atoms. The number of amides is 3. The van der Waals surface area contributed by atoms with E-state index >= 15 is 0 Å². The monoisotopic (exact) mass is 799 g/mol. The van der Waals surface area contributed by atoms with Crippen LogP contribution in [0.1, 0.15) is 97.3 Å². The molecule has 0 spiro atoms. The number of ether oxygens (including phenoxy) is 5. The average Bonchev–Trinajstić information content (AvgIpc) is 3.11. The number of nitrogens with one attached hydrogen (secondary N) is 2. The van der Waals surface area contributed by atoms with Crippen LogP contribution in [0.4, 0.5) is 13.2 Å².